The van der Waals surface area contributed by atoms with Crippen LogP contribution in [0.1, 0.15) is 42.6 Å². The number of hydrogen-bond acceptors (Lipinski definition) is 4. The van der Waals surface area contributed by atoms with Gasteiger partial charge in [0.05, 0.1) is 19.3 Å². The summed E-state index contributed by atoms with van der Waals surface area (Å²) in [6.07, 6.45) is 7.82. The maximum Gasteiger partial charge on any atom is 0.274 e. The van der Waals surface area contributed by atoms with Gasteiger partial charge >= 0.3 is 0 Å². The fraction of sp³-hybridized carbons (Fsp3) is 0.778. The third kappa shape index (κ3) is 3.49. The van der Waals surface area contributed by atoms with Crippen LogP contribution < -0.4 is 0 Å². The second-order valence-corrected chi connectivity index (χ2v) is 7.78. The summed E-state index contributed by atoms with van der Waals surface area (Å²) >= 11 is 0. The van der Waals surface area contributed by atoms with Gasteiger partial charge < -0.3 is 14.4 Å². The molecule has 2 saturated heterocycles. The molecule has 1 saturated carbocycles. The Morgan fingerprint density at radius 2 is 2.17 bits per heavy atom. The van der Waals surface area contributed by atoms with Crippen molar-refractivity contribution in [3.8, 4) is 0 Å². The van der Waals surface area contributed by atoms with E-state index in [-0.39, 0.29) is 17.4 Å². The molecule has 0 aromatic carbocycles. The number of ether oxygens (including phenoxy) is 2. The number of rotatable bonds is 5. The van der Waals surface area contributed by atoms with Crippen LogP contribution in [0.3, 0.4) is 0 Å². The summed E-state index contributed by atoms with van der Waals surface area (Å²) in [4.78, 5) is 14.4. The number of piperidine rings is 1. The summed E-state index contributed by atoms with van der Waals surface area (Å²) < 4.78 is 13.5. The highest BCUT2D eigenvalue weighted by atomic mass is 16.5. The first-order chi connectivity index (χ1) is 11.6. The summed E-state index contributed by atoms with van der Waals surface area (Å²) in [5, 5.41) is 4.22. The van der Waals surface area contributed by atoms with E-state index in [1.165, 1.54) is 12.8 Å². The Morgan fingerprint density at radius 3 is 2.83 bits per heavy atom. The van der Waals surface area contributed by atoms with Gasteiger partial charge in [0.15, 0.2) is 0 Å². The Kier molecular flexibility index (Phi) is 4.35. The average molecular weight is 333 g/mol. The van der Waals surface area contributed by atoms with Crippen LogP contribution in [0.4, 0.5) is 0 Å². The predicted molar refractivity (Wildman–Crippen MR) is 88.7 cm³/mol. The van der Waals surface area contributed by atoms with Gasteiger partial charge in [0.1, 0.15) is 5.69 Å². The molecule has 6 heteroatoms. The topological polar surface area (TPSA) is 56.6 Å². The number of nitrogens with zero attached hydrogens (tertiary/aromatic N) is 3. The Labute approximate surface area is 143 Å². The highest BCUT2D eigenvalue weighted by molar-refractivity contribution is 5.92. The lowest BCUT2D eigenvalue weighted by Crippen LogP contribution is -2.43. The van der Waals surface area contributed by atoms with Crippen molar-refractivity contribution in [2.45, 2.75) is 38.2 Å². The van der Waals surface area contributed by atoms with Crippen LogP contribution >= 0.6 is 0 Å². The molecule has 2 aliphatic heterocycles. The van der Waals surface area contributed by atoms with Crippen molar-refractivity contribution >= 4 is 5.91 Å². The van der Waals surface area contributed by atoms with E-state index in [9.17, 15) is 4.79 Å². The number of likely N-dealkylation sites (tertiary alicyclic amines) is 1. The average Bonchev–Trinajstić information content (AvgIpc) is 3.18. The first-order valence-corrected chi connectivity index (χ1v) is 9.12. The van der Waals surface area contributed by atoms with E-state index in [0.29, 0.717) is 5.69 Å². The van der Waals surface area contributed by atoms with E-state index in [1.54, 1.807) is 10.7 Å². The standard InChI is InChI=1S/C18H27N3O3/c1-20-7-4-16(19-20)17(22)21-8-5-18(6-9-21)10-15(24-13-18)12-23-11-14-2-3-14/h4,7,14-15H,2-3,5-6,8-13H2,1H3/t15-/m0/s1. The molecule has 1 spiro atoms. The second kappa shape index (κ2) is 6.48. The molecule has 24 heavy (non-hydrogen) atoms. The highest BCUT2D eigenvalue weighted by Gasteiger charge is 2.43. The van der Waals surface area contributed by atoms with Gasteiger partial charge in [-0.25, -0.2) is 0 Å². The summed E-state index contributed by atoms with van der Waals surface area (Å²) in [5.74, 6) is 0.856. The SMILES string of the molecule is Cn1ccc(C(=O)N2CCC3(CC2)CO[C@H](COCC2CC2)C3)n1. The van der Waals surface area contributed by atoms with E-state index in [4.69, 9.17) is 9.47 Å². The molecule has 4 rings (SSSR count). The van der Waals surface area contributed by atoms with Crippen LogP contribution in [0.2, 0.25) is 0 Å². The zero-order valence-electron chi connectivity index (χ0n) is 14.4. The van der Waals surface area contributed by atoms with E-state index >= 15 is 0 Å². The molecule has 1 aromatic rings. The summed E-state index contributed by atoms with van der Waals surface area (Å²) in [7, 11) is 1.84. The van der Waals surface area contributed by atoms with Crippen LogP contribution in [0.5, 0.6) is 0 Å². The number of aryl methyl sites for hydroxylation is 1. The largest absolute Gasteiger partial charge is 0.378 e. The highest BCUT2D eigenvalue weighted by Crippen LogP contribution is 2.42. The molecule has 132 valence electrons. The minimum absolute atomic E-state index is 0.0497. The lowest BCUT2D eigenvalue weighted by molar-refractivity contribution is 0.00936. The van der Waals surface area contributed by atoms with Crippen molar-refractivity contribution < 1.29 is 14.3 Å². The summed E-state index contributed by atoms with van der Waals surface area (Å²) in [5.41, 5.74) is 0.789. The lowest BCUT2D eigenvalue weighted by Gasteiger charge is -2.38. The molecule has 3 fully saturated rings. The van der Waals surface area contributed by atoms with Crippen molar-refractivity contribution in [3.63, 3.8) is 0 Å². The first kappa shape index (κ1) is 16.1. The van der Waals surface area contributed by atoms with Crippen molar-refractivity contribution in [3.05, 3.63) is 18.0 Å². The Balaban J connectivity index is 1.25. The Morgan fingerprint density at radius 1 is 1.38 bits per heavy atom. The molecule has 1 aliphatic carbocycles. The summed E-state index contributed by atoms with van der Waals surface area (Å²) in [6.45, 7) is 4.05. The number of aromatic nitrogens is 2. The molecule has 0 unspecified atom stereocenters. The maximum absolute atomic E-state index is 12.5. The van der Waals surface area contributed by atoms with Crippen molar-refractivity contribution in [1.82, 2.24) is 14.7 Å². The number of amides is 1. The quantitative estimate of drug-likeness (QED) is 0.825. The van der Waals surface area contributed by atoms with Gasteiger partial charge in [-0.05, 0) is 49.5 Å². The lowest BCUT2D eigenvalue weighted by atomic mass is 9.76. The molecule has 1 amide bonds. The Hall–Kier alpha value is -1.40. The van der Waals surface area contributed by atoms with Gasteiger partial charge in [-0.3, -0.25) is 9.48 Å². The van der Waals surface area contributed by atoms with Crippen LogP contribution in [0.15, 0.2) is 12.3 Å². The van der Waals surface area contributed by atoms with Crippen molar-refractivity contribution in [1.29, 1.82) is 0 Å². The van der Waals surface area contributed by atoms with Gasteiger partial charge in [0, 0.05) is 32.9 Å². The maximum atomic E-state index is 12.5. The number of carbonyl (C=O) groups excluding carboxylic acids is 1. The van der Waals surface area contributed by atoms with Gasteiger partial charge in [0.25, 0.3) is 5.91 Å². The smallest absolute Gasteiger partial charge is 0.274 e. The fourth-order valence-electron chi connectivity index (χ4n) is 3.88. The molecular formula is C18H27N3O3. The third-order valence-corrected chi connectivity index (χ3v) is 5.68. The molecule has 0 bridgehead atoms. The van der Waals surface area contributed by atoms with Crippen molar-refractivity contribution in [2.24, 2.45) is 18.4 Å². The molecular weight excluding hydrogens is 306 g/mol. The van der Waals surface area contributed by atoms with Crippen LogP contribution in [0.25, 0.3) is 0 Å². The molecule has 3 aliphatic rings. The molecule has 0 N–H and O–H groups in total. The zero-order valence-corrected chi connectivity index (χ0v) is 14.4. The minimum Gasteiger partial charge on any atom is -0.378 e. The monoisotopic (exact) mass is 333 g/mol. The van der Waals surface area contributed by atoms with E-state index < -0.39 is 0 Å². The fourth-order valence-corrected chi connectivity index (χ4v) is 3.88. The molecule has 1 atom stereocenters. The normalized spacial score (nSPS) is 26.2. The van der Waals surface area contributed by atoms with E-state index in [2.05, 4.69) is 5.10 Å². The van der Waals surface area contributed by atoms with Gasteiger partial charge in [0.2, 0.25) is 0 Å². The number of carbonyl (C=O) groups is 1. The minimum atomic E-state index is 0.0497. The number of hydrogen-bond donors (Lipinski definition) is 0. The summed E-state index contributed by atoms with van der Waals surface area (Å²) in [6, 6.07) is 1.79. The third-order valence-electron chi connectivity index (χ3n) is 5.68. The van der Waals surface area contributed by atoms with E-state index in [0.717, 1.165) is 58.1 Å². The molecule has 6 nitrogen and oxygen atoms in total. The molecule has 0 radical (unpaired) electrons. The zero-order chi connectivity index (χ0) is 16.6. The van der Waals surface area contributed by atoms with Gasteiger partial charge in [-0.2, -0.15) is 5.10 Å². The second-order valence-electron chi connectivity index (χ2n) is 7.78. The van der Waals surface area contributed by atoms with Crippen LogP contribution in [-0.4, -0.2) is 59.6 Å². The van der Waals surface area contributed by atoms with E-state index in [1.807, 2.05) is 18.1 Å². The van der Waals surface area contributed by atoms with Crippen LogP contribution in [0, 0.1) is 11.3 Å². The van der Waals surface area contributed by atoms with Crippen molar-refractivity contribution in [2.75, 3.05) is 32.9 Å². The van der Waals surface area contributed by atoms with Crippen LogP contribution in [-0.2, 0) is 16.5 Å². The molecule has 3 heterocycles. The van der Waals surface area contributed by atoms with Gasteiger partial charge in [-0.1, -0.05) is 0 Å². The Bertz CT molecular complexity index is 588. The predicted octanol–water partition coefficient (Wildman–Crippen LogP) is 1.86. The first-order valence-electron chi connectivity index (χ1n) is 9.12. The van der Waals surface area contributed by atoms with Gasteiger partial charge in [-0.15, -0.1) is 0 Å². The molecule has 1 aromatic heterocycles.